The van der Waals surface area contributed by atoms with Crippen molar-refractivity contribution in [2.75, 3.05) is 17.7 Å². The molecule has 2 atom stereocenters. The molecule has 1 aliphatic carbocycles. The van der Waals surface area contributed by atoms with E-state index in [4.69, 9.17) is 0 Å². The number of fused-ring (bicyclic) bond motifs is 1. The molecule has 3 aromatic heterocycles. The van der Waals surface area contributed by atoms with Crippen molar-refractivity contribution in [2.45, 2.75) is 25.0 Å². The highest BCUT2D eigenvalue weighted by atomic mass is 16.3. The molecular formula is C18H21N7O3. The zero-order valence-electron chi connectivity index (χ0n) is 15.5. The second-order valence-corrected chi connectivity index (χ2v) is 6.76. The number of nitrogens with one attached hydrogen (secondary N) is 3. The van der Waals surface area contributed by atoms with Crippen LogP contribution in [-0.2, 0) is 7.05 Å². The first-order valence-electron chi connectivity index (χ1n) is 8.96. The van der Waals surface area contributed by atoms with Crippen molar-refractivity contribution < 1.29 is 9.90 Å². The minimum Gasteiger partial charge on any atom is -0.391 e. The Bertz CT molecular complexity index is 1100. The number of nitrogens with zero attached hydrogens (tertiary/aromatic N) is 4. The highest BCUT2D eigenvalue weighted by Crippen LogP contribution is 2.23. The molecule has 10 heteroatoms. The molecular weight excluding hydrogens is 362 g/mol. The Morgan fingerprint density at radius 2 is 2.18 bits per heavy atom. The van der Waals surface area contributed by atoms with Gasteiger partial charge in [0.05, 0.1) is 18.3 Å². The Balaban J connectivity index is 1.71. The van der Waals surface area contributed by atoms with Crippen LogP contribution < -0.4 is 21.5 Å². The summed E-state index contributed by atoms with van der Waals surface area (Å²) >= 11 is 0. The van der Waals surface area contributed by atoms with E-state index in [9.17, 15) is 14.7 Å². The maximum Gasteiger partial charge on any atom is 0.274 e. The number of aromatic nitrogens is 4. The van der Waals surface area contributed by atoms with E-state index in [-0.39, 0.29) is 17.5 Å². The van der Waals surface area contributed by atoms with Crippen molar-refractivity contribution in [3.05, 3.63) is 46.5 Å². The molecule has 0 aliphatic heterocycles. The molecule has 1 fully saturated rings. The quantitative estimate of drug-likeness (QED) is 0.504. The summed E-state index contributed by atoms with van der Waals surface area (Å²) in [6, 6.07) is 4.86. The smallest absolute Gasteiger partial charge is 0.274 e. The minimum atomic E-state index is -0.516. The van der Waals surface area contributed by atoms with Crippen LogP contribution in [-0.4, -0.2) is 49.4 Å². The van der Waals surface area contributed by atoms with Gasteiger partial charge in [-0.25, -0.2) is 4.98 Å². The van der Waals surface area contributed by atoms with E-state index >= 15 is 0 Å². The number of aliphatic hydroxyl groups excluding tert-OH is 1. The molecule has 4 N–H and O–H groups in total. The molecule has 28 heavy (non-hydrogen) atoms. The summed E-state index contributed by atoms with van der Waals surface area (Å²) in [5.41, 5.74) is 0.807. The number of aryl methyl sites for hydroxylation is 1. The number of carbonyl (C=O) groups excluding carboxylic acids is 1. The van der Waals surface area contributed by atoms with Crippen molar-refractivity contribution in [3.63, 3.8) is 0 Å². The maximum atomic E-state index is 12.6. The highest BCUT2D eigenvalue weighted by Gasteiger charge is 2.31. The van der Waals surface area contributed by atoms with Gasteiger partial charge in [0, 0.05) is 26.4 Å². The second kappa shape index (κ2) is 6.97. The Labute approximate surface area is 160 Å². The Kier molecular flexibility index (Phi) is 4.47. The average molecular weight is 383 g/mol. The van der Waals surface area contributed by atoms with E-state index < -0.39 is 6.10 Å². The van der Waals surface area contributed by atoms with Gasteiger partial charge in [0.1, 0.15) is 22.9 Å². The van der Waals surface area contributed by atoms with E-state index in [0.29, 0.717) is 35.0 Å². The van der Waals surface area contributed by atoms with E-state index in [2.05, 4.69) is 26.0 Å². The van der Waals surface area contributed by atoms with Gasteiger partial charge in [-0.05, 0) is 25.0 Å². The van der Waals surface area contributed by atoms with E-state index in [1.165, 1.54) is 15.3 Å². The van der Waals surface area contributed by atoms with Crippen molar-refractivity contribution in [2.24, 2.45) is 7.05 Å². The van der Waals surface area contributed by atoms with Crippen molar-refractivity contribution >= 4 is 28.9 Å². The number of rotatable bonds is 5. The molecule has 0 spiro atoms. The van der Waals surface area contributed by atoms with Crippen molar-refractivity contribution in [1.82, 2.24) is 24.5 Å². The molecule has 1 amide bonds. The number of carbonyl (C=O) groups is 1. The van der Waals surface area contributed by atoms with Crippen LogP contribution in [0.2, 0.25) is 0 Å². The minimum absolute atomic E-state index is 0.194. The third-order valence-electron chi connectivity index (χ3n) is 4.91. The predicted molar refractivity (Wildman–Crippen MR) is 104 cm³/mol. The summed E-state index contributed by atoms with van der Waals surface area (Å²) in [7, 11) is 3.39. The van der Waals surface area contributed by atoms with Crippen LogP contribution in [0.3, 0.4) is 0 Å². The van der Waals surface area contributed by atoms with Crippen LogP contribution >= 0.6 is 0 Å². The summed E-state index contributed by atoms with van der Waals surface area (Å²) in [6.45, 7) is 0. The first-order chi connectivity index (χ1) is 13.5. The molecule has 146 valence electrons. The number of hydrogen-bond donors (Lipinski definition) is 4. The Hall–Kier alpha value is -3.40. The molecule has 10 nitrogen and oxygen atoms in total. The normalized spacial score (nSPS) is 18.5. The van der Waals surface area contributed by atoms with E-state index in [1.807, 2.05) is 0 Å². The van der Waals surface area contributed by atoms with Gasteiger partial charge in [0.25, 0.3) is 11.5 Å². The third-order valence-corrected chi connectivity index (χ3v) is 4.91. The molecule has 4 rings (SSSR count). The number of hydrogen-bond acceptors (Lipinski definition) is 7. The topological polar surface area (TPSA) is 126 Å². The zero-order chi connectivity index (χ0) is 19.8. The zero-order valence-corrected chi connectivity index (χ0v) is 15.5. The fourth-order valence-corrected chi connectivity index (χ4v) is 3.09. The molecule has 0 aromatic carbocycles. The summed E-state index contributed by atoms with van der Waals surface area (Å²) < 4.78 is 2.97. The number of aliphatic hydroxyl groups is 1. The lowest BCUT2D eigenvalue weighted by molar-refractivity contribution is 0.0448. The second-order valence-electron chi connectivity index (χ2n) is 6.76. The van der Waals surface area contributed by atoms with Crippen molar-refractivity contribution in [1.29, 1.82) is 0 Å². The number of amides is 1. The maximum absolute atomic E-state index is 12.6. The van der Waals surface area contributed by atoms with Gasteiger partial charge in [-0.2, -0.15) is 9.61 Å². The average Bonchev–Trinajstić information content (AvgIpc) is 3.11. The summed E-state index contributed by atoms with van der Waals surface area (Å²) in [5.74, 6) is 0.655. The van der Waals surface area contributed by atoms with Gasteiger partial charge in [-0.3, -0.25) is 9.59 Å². The highest BCUT2D eigenvalue weighted by molar-refractivity contribution is 6.00. The third kappa shape index (κ3) is 3.07. The van der Waals surface area contributed by atoms with Crippen LogP contribution in [0.25, 0.3) is 5.65 Å². The van der Waals surface area contributed by atoms with Crippen LogP contribution in [0, 0.1) is 0 Å². The molecule has 0 saturated heterocycles. The van der Waals surface area contributed by atoms with Crippen LogP contribution in [0.5, 0.6) is 0 Å². The summed E-state index contributed by atoms with van der Waals surface area (Å²) in [6.07, 6.45) is 4.01. The van der Waals surface area contributed by atoms with Gasteiger partial charge in [0.15, 0.2) is 5.65 Å². The molecule has 3 heterocycles. The molecule has 2 unspecified atom stereocenters. The lowest BCUT2D eigenvalue weighted by Gasteiger charge is -2.32. The SMILES string of the molecule is CNc1cc(Nc2cccn(C)c2=O)nc2c(C(=O)NC3CCC3O)cnn12. The molecule has 1 aliphatic rings. The first kappa shape index (κ1) is 18.0. The van der Waals surface area contributed by atoms with Crippen molar-refractivity contribution in [3.8, 4) is 0 Å². The Morgan fingerprint density at radius 1 is 1.36 bits per heavy atom. The number of anilines is 3. The van der Waals surface area contributed by atoms with E-state index in [1.54, 1.807) is 38.5 Å². The fourth-order valence-electron chi connectivity index (χ4n) is 3.09. The molecule has 0 radical (unpaired) electrons. The Morgan fingerprint density at radius 3 is 2.86 bits per heavy atom. The van der Waals surface area contributed by atoms with Gasteiger partial charge in [-0.1, -0.05) is 0 Å². The lowest BCUT2D eigenvalue weighted by Crippen LogP contribution is -2.50. The molecule has 0 bridgehead atoms. The number of pyridine rings is 1. The standard InChI is InChI=1S/C18H21N7O3/c1-19-15-8-14(21-12-4-3-7-24(2)18(12)28)23-16-10(9-20-25(15)16)17(27)22-11-5-6-13(11)26/h3-4,7-9,11,13,19,26H,5-6H2,1-2H3,(H,21,23)(H,22,27). The van der Waals surface area contributed by atoms with Gasteiger partial charge >= 0.3 is 0 Å². The summed E-state index contributed by atoms with van der Waals surface area (Å²) in [5, 5.41) is 22.8. The monoisotopic (exact) mass is 383 g/mol. The largest absolute Gasteiger partial charge is 0.391 e. The summed E-state index contributed by atoms with van der Waals surface area (Å²) in [4.78, 5) is 29.4. The molecule has 1 saturated carbocycles. The molecule has 3 aromatic rings. The van der Waals surface area contributed by atoms with Gasteiger partial charge in [0.2, 0.25) is 0 Å². The van der Waals surface area contributed by atoms with Crippen LogP contribution in [0.4, 0.5) is 17.3 Å². The van der Waals surface area contributed by atoms with Gasteiger partial charge < -0.3 is 25.6 Å². The lowest BCUT2D eigenvalue weighted by atomic mass is 9.89. The van der Waals surface area contributed by atoms with Crippen LogP contribution in [0.1, 0.15) is 23.2 Å². The van der Waals surface area contributed by atoms with Crippen LogP contribution in [0.15, 0.2) is 35.4 Å². The van der Waals surface area contributed by atoms with Gasteiger partial charge in [-0.15, -0.1) is 0 Å². The predicted octanol–water partition coefficient (Wildman–Crippen LogP) is 0.466. The first-order valence-corrected chi connectivity index (χ1v) is 8.96. The fraction of sp³-hybridized carbons (Fsp3) is 0.333. The van der Waals surface area contributed by atoms with E-state index in [0.717, 1.165) is 6.42 Å².